The van der Waals surface area contributed by atoms with E-state index in [1.165, 1.54) is 0 Å². The van der Waals surface area contributed by atoms with Gasteiger partial charge in [-0.3, -0.25) is 14.7 Å². The molecule has 0 spiro atoms. The van der Waals surface area contributed by atoms with Gasteiger partial charge in [-0.05, 0) is 42.0 Å². The molecule has 7 nitrogen and oxygen atoms in total. The van der Waals surface area contributed by atoms with Crippen molar-refractivity contribution < 1.29 is 14.3 Å². The topological polar surface area (TPSA) is 87.3 Å². The molecule has 1 aliphatic rings. The maximum Gasteiger partial charge on any atom is 0.256 e. The van der Waals surface area contributed by atoms with Crippen molar-refractivity contribution in [1.29, 1.82) is 0 Å². The summed E-state index contributed by atoms with van der Waals surface area (Å²) in [5.41, 5.74) is 3.21. The lowest BCUT2D eigenvalue weighted by atomic mass is 10.1. The zero-order valence-electron chi connectivity index (χ0n) is 18.5. The Labute approximate surface area is 197 Å². The van der Waals surface area contributed by atoms with Crippen molar-refractivity contribution in [3.05, 3.63) is 107 Å². The molecular formula is C27H24N4O3. The van der Waals surface area contributed by atoms with Gasteiger partial charge in [0.15, 0.2) is 0 Å². The molecule has 2 N–H and O–H groups in total. The Morgan fingerprint density at radius 2 is 1.59 bits per heavy atom. The number of para-hydroxylation sites is 1. The molecule has 1 aliphatic heterocycles. The van der Waals surface area contributed by atoms with Crippen LogP contribution in [0.1, 0.15) is 27.2 Å². The summed E-state index contributed by atoms with van der Waals surface area (Å²) in [6, 6.07) is 26.1. The van der Waals surface area contributed by atoms with E-state index >= 15 is 0 Å². The second kappa shape index (κ2) is 9.62. The van der Waals surface area contributed by atoms with Crippen LogP contribution in [0.15, 0.2) is 84.9 Å². The Balaban J connectivity index is 1.23. The van der Waals surface area contributed by atoms with Gasteiger partial charge in [0.1, 0.15) is 17.3 Å². The van der Waals surface area contributed by atoms with E-state index in [9.17, 15) is 9.59 Å². The zero-order valence-corrected chi connectivity index (χ0v) is 18.5. The van der Waals surface area contributed by atoms with Crippen LogP contribution in [0.4, 0.5) is 5.82 Å². The van der Waals surface area contributed by atoms with E-state index in [1.54, 1.807) is 24.3 Å². The van der Waals surface area contributed by atoms with Gasteiger partial charge in [-0.25, -0.2) is 0 Å². The van der Waals surface area contributed by atoms with Gasteiger partial charge in [-0.1, -0.05) is 48.5 Å². The lowest BCUT2D eigenvalue weighted by molar-refractivity contribution is -0.131. The lowest BCUT2D eigenvalue weighted by Gasteiger charge is -2.27. The highest BCUT2D eigenvalue weighted by Gasteiger charge is 2.26. The fourth-order valence-corrected chi connectivity index (χ4v) is 3.97. The number of hydrogen-bond acceptors (Lipinski definition) is 4. The number of aromatic amines is 1. The summed E-state index contributed by atoms with van der Waals surface area (Å²) >= 11 is 0. The van der Waals surface area contributed by atoms with Gasteiger partial charge < -0.3 is 15.0 Å². The molecule has 0 saturated carbocycles. The molecule has 5 rings (SSSR count). The molecule has 0 atom stereocenters. The Kier molecular flexibility index (Phi) is 6.07. The molecule has 2 amide bonds. The maximum atomic E-state index is 12.8. The molecular weight excluding hydrogens is 428 g/mol. The number of nitrogens with zero attached hydrogens (tertiary/aromatic N) is 2. The first-order valence-corrected chi connectivity index (χ1v) is 11.2. The summed E-state index contributed by atoms with van der Waals surface area (Å²) in [5.74, 6) is 1.71. The molecule has 170 valence electrons. The molecule has 0 fully saturated rings. The van der Waals surface area contributed by atoms with Gasteiger partial charge in [0.2, 0.25) is 5.91 Å². The smallest absolute Gasteiger partial charge is 0.256 e. The predicted molar refractivity (Wildman–Crippen MR) is 129 cm³/mol. The summed E-state index contributed by atoms with van der Waals surface area (Å²) in [4.78, 5) is 27.5. The number of carbonyl (C=O) groups excluding carboxylic acids is 2. The van der Waals surface area contributed by atoms with E-state index in [1.807, 2.05) is 65.6 Å². The third-order valence-corrected chi connectivity index (χ3v) is 5.81. The van der Waals surface area contributed by atoms with Crippen molar-refractivity contribution in [2.45, 2.75) is 19.4 Å². The maximum absolute atomic E-state index is 12.8. The number of benzene rings is 3. The summed E-state index contributed by atoms with van der Waals surface area (Å²) < 4.78 is 5.78. The van der Waals surface area contributed by atoms with Crippen LogP contribution in [-0.4, -0.2) is 33.5 Å². The molecule has 7 heteroatoms. The normalized spacial score (nSPS) is 12.6. The molecule has 4 aromatic rings. The van der Waals surface area contributed by atoms with Crippen molar-refractivity contribution >= 4 is 17.6 Å². The molecule has 34 heavy (non-hydrogen) atoms. The number of H-pyrrole nitrogens is 1. The molecule has 1 aromatic heterocycles. The second-order valence-corrected chi connectivity index (χ2v) is 8.15. The van der Waals surface area contributed by atoms with Crippen LogP contribution in [0.2, 0.25) is 0 Å². The molecule has 2 heterocycles. The summed E-state index contributed by atoms with van der Waals surface area (Å²) in [6.07, 6.45) is 1.00. The van der Waals surface area contributed by atoms with Crippen LogP contribution in [0.5, 0.6) is 11.5 Å². The molecule has 3 aromatic carbocycles. The van der Waals surface area contributed by atoms with Crippen molar-refractivity contribution in [2.75, 3.05) is 11.9 Å². The Bertz CT molecular complexity index is 1280. The first kappa shape index (κ1) is 21.5. The van der Waals surface area contributed by atoms with Crippen molar-refractivity contribution in [1.82, 2.24) is 15.1 Å². The number of rotatable bonds is 6. The van der Waals surface area contributed by atoms with Crippen LogP contribution in [0, 0.1) is 0 Å². The molecule has 0 aliphatic carbocycles. The van der Waals surface area contributed by atoms with Crippen molar-refractivity contribution in [2.24, 2.45) is 0 Å². The quantitative estimate of drug-likeness (QED) is 0.448. The number of amides is 2. The summed E-state index contributed by atoms with van der Waals surface area (Å²) in [6.45, 7) is 1.02. The van der Waals surface area contributed by atoms with E-state index in [0.717, 1.165) is 22.6 Å². The van der Waals surface area contributed by atoms with E-state index in [0.29, 0.717) is 43.1 Å². The number of fused-ring (bicyclic) bond motifs is 1. The summed E-state index contributed by atoms with van der Waals surface area (Å²) in [5, 5.41) is 10.2. The third kappa shape index (κ3) is 4.83. The van der Waals surface area contributed by atoms with Crippen LogP contribution < -0.4 is 10.1 Å². The predicted octanol–water partition coefficient (Wildman–Crippen LogP) is 4.58. The van der Waals surface area contributed by atoms with E-state index < -0.39 is 0 Å². The fraction of sp³-hybridized carbons (Fsp3) is 0.148. The van der Waals surface area contributed by atoms with Crippen LogP contribution in [-0.2, 0) is 24.2 Å². The average molecular weight is 453 g/mol. The number of ether oxygens (including phenoxy) is 1. The average Bonchev–Trinajstić information content (AvgIpc) is 3.27. The SMILES string of the molecule is O=C(Nc1[nH]nc2c1CN(C(=O)Cc1ccccc1)CC2)c1ccc(Oc2ccccc2)cc1. The van der Waals surface area contributed by atoms with Crippen LogP contribution in [0.25, 0.3) is 0 Å². The number of aromatic nitrogens is 2. The Morgan fingerprint density at radius 1 is 0.912 bits per heavy atom. The number of anilines is 1. The first-order chi connectivity index (χ1) is 16.7. The van der Waals surface area contributed by atoms with Crippen molar-refractivity contribution in [3.63, 3.8) is 0 Å². The number of nitrogens with one attached hydrogen (secondary N) is 2. The lowest BCUT2D eigenvalue weighted by Crippen LogP contribution is -2.37. The molecule has 0 bridgehead atoms. The highest BCUT2D eigenvalue weighted by Crippen LogP contribution is 2.26. The minimum absolute atomic E-state index is 0.0596. The van der Waals surface area contributed by atoms with Crippen LogP contribution in [0.3, 0.4) is 0 Å². The fourth-order valence-electron chi connectivity index (χ4n) is 3.97. The van der Waals surface area contributed by atoms with Gasteiger partial charge in [0.05, 0.1) is 18.7 Å². The second-order valence-electron chi connectivity index (χ2n) is 8.15. The first-order valence-electron chi connectivity index (χ1n) is 11.2. The van der Waals surface area contributed by atoms with Gasteiger partial charge in [-0.15, -0.1) is 0 Å². The minimum atomic E-state index is -0.259. The summed E-state index contributed by atoms with van der Waals surface area (Å²) in [7, 11) is 0. The van der Waals surface area contributed by atoms with E-state index in [4.69, 9.17) is 4.74 Å². The van der Waals surface area contributed by atoms with Crippen LogP contribution >= 0.6 is 0 Å². The molecule has 0 saturated heterocycles. The highest BCUT2D eigenvalue weighted by molar-refractivity contribution is 6.04. The number of hydrogen-bond donors (Lipinski definition) is 2. The van der Waals surface area contributed by atoms with Gasteiger partial charge >= 0.3 is 0 Å². The molecule has 0 radical (unpaired) electrons. The van der Waals surface area contributed by atoms with E-state index in [2.05, 4.69) is 15.5 Å². The monoisotopic (exact) mass is 452 g/mol. The standard InChI is InChI=1S/C27H24N4O3/c32-25(17-19-7-3-1-4-8-19)31-16-15-24-23(18-31)26(30-29-24)28-27(33)20-11-13-22(14-12-20)34-21-9-5-2-6-10-21/h1-14H,15-18H2,(H2,28,29,30,33). The third-order valence-electron chi connectivity index (χ3n) is 5.81. The minimum Gasteiger partial charge on any atom is -0.457 e. The van der Waals surface area contributed by atoms with Gasteiger partial charge in [-0.2, -0.15) is 5.10 Å². The van der Waals surface area contributed by atoms with Crippen molar-refractivity contribution in [3.8, 4) is 11.5 Å². The highest BCUT2D eigenvalue weighted by atomic mass is 16.5. The van der Waals surface area contributed by atoms with Gasteiger partial charge in [0.25, 0.3) is 5.91 Å². The number of carbonyl (C=O) groups is 2. The Hall–Kier alpha value is -4.39. The van der Waals surface area contributed by atoms with Gasteiger partial charge in [0, 0.05) is 24.1 Å². The largest absolute Gasteiger partial charge is 0.457 e. The van der Waals surface area contributed by atoms with E-state index in [-0.39, 0.29) is 11.8 Å². The zero-order chi connectivity index (χ0) is 23.3. The Morgan fingerprint density at radius 3 is 2.32 bits per heavy atom. The molecule has 0 unspecified atom stereocenters.